The van der Waals surface area contributed by atoms with Crippen molar-refractivity contribution in [2.45, 2.75) is 23.9 Å². The molecule has 21 heavy (non-hydrogen) atoms. The van der Waals surface area contributed by atoms with Crippen molar-refractivity contribution in [1.29, 1.82) is 0 Å². The Balaban J connectivity index is 2.31. The fraction of sp³-hybridized carbons (Fsp3) is 0.538. The Bertz CT molecular complexity index is 602. The van der Waals surface area contributed by atoms with Gasteiger partial charge in [0, 0.05) is 13.1 Å². The summed E-state index contributed by atoms with van der Waals surface area (Å²) in [6.07, 6.45) is -3.06. The Hall–Kier alpha value is -1.12. The maximum atomic E-state index is 12.7. The Labute approximate surface area is 121 Å². The smallest absolute Gasteiger partial charge is 0.330 e. The molecule has 1 unspecified atom stereocenters. The molecule has 1 saturated heterocycles. The number of halogens is 3. The first-order chi connectivity index (χ1) is 9.75. The number of rotatable bonds is 3. The summed E-state index contributed by atoms with van der Waals surface area (Å²) in [5, 5.41) is 0. The molecule has 0 radical (unpaired) electrons. The number of nitrogens with zero attached hydrogens (tertiary/aromatic N) is 1. The van der Waals surface area contributed by atoms with Gasteiger partial charge in [-0.15, -0.1) is 0 Å². The molecule has 8 heteroatoms. The zero-order valence-corrected chi connectivity index (χ0v) is 12.1. The van der Waals surface area contributed by atoms with E-state index in [2.05, 4.69) is 0 Å². The van der Waals surface area contributed by atoms with Gasteiger partial charge in [-0.1, -0.05) is 6.07 Å². The molecule has 4 nitrogen and oxygen atoms in total. The van der Waals surface area contributed by atoms with Crippen LogP contribution >= 0.6 is 0 Å². The summed E-state index contributed by atoms with van der Waals surface area (Å²) in [6.45, 7) is 0.943. The molecule has 0 bridgehead atoms. The van der Waals surface area contributed by atoms with Gasteiger partial charge in [0.2, 0.25) is 10.0 Å². The van der Waals surface area contributed by atoms with Crippen molar-refractivity contribution < 1.29 is 21.6 Å². The molecule has 2 rings (SSSR count). The van der Waals surface area contributed by atoms with Gasteiger partial charge in [-0.3, -0.25) is 0 Å². The summed E-state index contributed by atoms with van der Waals surface area (Å²) in [5.74, 6) is 0.0549. The van der Waals surface area contributed by atoms with E-state index in [0.717, 1.165) is 18.6 Å². The number of piperidine rings is 1. The van der Waals surface area contributed by atoms with Crippen molar-refractivity contribution in [3.05, 3.63) is 29.8 Å². The SMILES string of the molecule is NCC1CCCN(S(=O)(=O)c2cccc(C(F)(F)F)c2)C1. The highest BCUT2D eigenvalue weighted by Gasteiger charge is 2.34. The topological polar surface area (TPSA) is 63.4 Å². The fourth-order valence-corrected chi connectivity index (χ4v) is 4.02. The molecule has 2 N–H and O–H groups in total. The van der Waals surface area contributed by atoms with Crippen LogP contribution in [0.4, 0.5) is 13.2 Å². The second kappa shape index (κ2) is 5.94. The summed E-state index contributed by atoms with van der Waals surface area (Å²) >= 11 is 0. The van der Waals surface area contributed by atoms with Crippen molar-refractivity contribution in [1.82, 2.24) is 4.31 Å². The van der Waals surface area contributed by atoms with Crippen molar-refractivity contribution >= 4 is 10.0 Å². The highest BCUT2D eigenvalue weighted by Crippen LogP contribution is 2.31. The second-order valence-corrected chi connectivity index (χ2v) is 7.07. The van der Waals surface area contributed by atoms with E-state index in [1.807, 2.05) is 0 Å². The van der Waals surface area contributed by atoms with Crippen LogP contribution in [0.1, 0.15) is 18.4 Å². The van der Waals surface area contributed by atoms with Gasteiger partial charge in [0.1, 0.15) is 0 Å². The Morgan fingerprint density at radius 2 is 2.05 bits per heavy atom. The van der Waals surface area contributed by atoms with Crippen LogP contribution in [0.5, 0.6) is 0 Å². The summed E-state index contributed by atoms with van der Waals surface area (Å²) in [7, 11) is -3.91. The van der Waals surface area contributed by atoms with E-state index >= 15 is 0 Å². The molecule has 0 spiro atoms. The predicted molar refractivity (Wildman–Crippen MR) is 72.0 cm³/mol. The van der Waals surface area contributed by atoms with Crippen molar-refractivity contribution in [2.75, 3.05) is 19.6 Å². The average molecular weight is 322 g/mol. The van der Waals surface area contributed by atoms with E-state index < -0.39 is 21.8 Å². The minimum Gasteiger partial charge on any atom is -0.330 e. The molecule has 1 fully saturated rings. The number of hydrogen-bond acceptors (Lipinski definition) is 3. The zero-order chi connectivity index (χ0) is 15.7. The lowest BCUT2D eigenvalue weighted by atomic mass is 10.0. The van der Waals surface area contributed by atoms with Crippen LogP contribution in [0.2, 0.25) is 0 Å². The van der Waals surface area contributed by atoms with Crippen LogP contribution in [0.3, 0.4) is 0 Å². The number of nitrogens with two attached hydrogens (primary N) is 1. The van der Waals surface area contributed by atoms with Gasteiger partial charge in [0.15, 0.2) is 0 Å². The normalized spacial score (nSPS) is 21.4. The van der Waals surface area contributed by atoms with Gasteiger partial charge in [-0.25, -0.2) is 8.42 Å². The highest BCUT2D eigenvalue weighted by molar-refractivity contribution is 7.89. The molecular formula is C13H17F3N2O2S. The molecule has 0 amide bonds. The Morgan fingerprint density at radius 3 is 2.67 bits per heavy atom. The number of hydrogen-bond donors (Lipinski definition) is 1. The maximum absolute atomic E-state index is 12.7. The summed E-state index contributed by atoms with van der Waals surface area (Å²) in [6, 6.07) is 3.84. The van der Waals surface area contributed by atoms with Crippen LogP contribution in [0, 0.1) is 5.92 Å². The van der Waals surface area contributed by atoms with Crippen molar-refractivity contribution in [3.63, 3.8) is 0 Å². The fourth-order valence-electron chi connectivity index (χ4n) is 2.42. The molecule has 1 aliphatic rings. The quantitative estimate of drug-likeness (QED) is 0.926. The average Bonchev–Trinajstić information content (AvgIpc) is 2.46. The van der Waals surface area contributed by atoms with E-state index in [4.69, 9.17) is 5.73 Å². The van der Waals surface area contributed by atoms with Gasteiger partial charge in [0.25, 0.3) is 0 Å². The van der Waals surface area contributed by atoms with Gasteiger partial charge in [-0.2, -0.15) is 17.5 Å². The second-order valence-electron chi connectivity index (χ2n) is 5.13. The summed E-state index contributed by atoms with van der Waals surface area (Å²) in [5.41, 5.74) is 4.60. The van der Waals surface area contributed by atoms with E-state index in [9.17, 15) is 21.6 Å². The zero-order valence-electron chi connectivity index (χ0n) is 11.3. The number of sulfonamides is 1. The number of alkyl halides is 3. The first-order valence-electron chi connectivity index (χ1n) is 6.62. The molecule has 1 aliphatic heterocycles. The monoisotopic (exact) mass is 322 g/mol. The Morgan fingerprint density at radius 1 is 1.33 bits per heavy atom. The Kier molecular flexibility index (Phi) is 4.60. The standard InChI is InChI=1S/C13H17F3N2O2S/c14-13(15,16)11-4-1-5-12(7-11)21(19,20)18-6-2-3-10(8-17)9-18/h1,4-5,7,10H,2-3,6,8-9,17H2. The lowest BCUT2D eigenvalue weighted by Crippen LogP contribution is -2.42. The lowest BCUT2D eigenvalue weighted by Gasteiger charge is -2.31. The van der Waals surface area contributed by atoms with Crippen LogP contribution in [-0.2, 0) is 16.2 Å². The van der Waals surface area contributed by atoms with Crippen LogP contribution in [-0.4, -0.2) is 32.4 Å². The van der Waals surface area contributed by atoms with Crippen LogP contribution < -0.4 is 5.73 Å². The molecule has 1 atom stereocenters. The largest absolute Gasteiger partial charge is 0.416 e. The number of benzene rings is 1. The molecule has 1 aromatic rings. The van der Waals surface area contributed by atoms with E-state index in [0.29, 0.717) is 25.6 Å². The van der Waals surface area contributed by atoms with Gasteiger partial charge in [0.05, 0.1) is 10.5 Å². The third-order valence-corrected chi connectivity index (χ3v) is 5.48. The van der Waals surface area contributed by atoms with Gasteiger partial charge >= 0.3 is 6.18 Å². The van der Waals surface area contributed by atoms with Crippen LogP contribution in [0.25, 0.3) is 0 Å². The minimum absolute atomic E-state index is 0.0549. The summed E-state index contributed by atoms with van der Waals surface area (Å²) < 4.78 is 64.2. The molecule has 118 valence electrons. The van der Waals surface area contributed by atoms with E-state index in [1.54, 1.807) is 0 Å². The van der Waals surface area contributed by atoms with Gasteiger partial charge < -0.3 is 5.73 Å². The van der Waals surface area contributed by atoms with E-state index in [1.165, 1.54) is 10.4 Å². The molecule has 0 aromatic heterocycles. The summed E-state index contributed by atoms with van der Waals surface area (Å²) in [4.78, 5) is -0.324. The molecule has 0 saturated carbocycles. The molecule has 0 aliphatic carbocycles. The maximum Gasteiger partial charge on any atom is 0.416 e. The first kappa shape index (κ1) is 16.3. The third kappa shape index (κ3) is 3.56. The molecular weight excluding hydrogens is 305 g/mol. The van der Waals surface area contributed by atoms with Crippen molar-refractivity contribution in [2.24, 2.45) is 11.7 Å². The van der Waals surface area contributed by atoms with Gasteiger partial charge in [-0.05, 0) is 43.5 Å². The highest BCUT2D eigenvalue weighted by atomic mass is 32.2. The minimum atomic E-state index is -4.56. The van der Waals surface area contributed by atoms with Crippen molar-refractivity contribution in [3.8, 4) is 0 Å². The molecule has 1 aromatic carbocycles. The van der Waals surface area contributed by atoms with Crippen LogP contribution in [0.15, 0.2) is 29.2 Å². The predicted octanol–water partition coefficient (Wildman–Crippen LogP) is 2.06. The molecule has 1 heterocycles. The lowest BCUT2D eigenvalue weighted by molar-refractivity contribution is -0.137. The third-order valence-electron chi connectivity index (χ3n) is 3.61. The van der Waals surface area contributed by atoms with E-state index in [-0.39, 0.29) is 17.4 Å². The first-order valence-corrected chi connectivity index (χ1v) is 8.06.